The monoisotopic (exact) mass is 271 g/mol. The van der Waals surface area contributed by atoms with Gasteiger partial charge in [0.2, 0.25) is 5.91 Å². The molecule has 0 aromatic heterocycles. The van der Waals surface area contributed by atoms with Gasteiger partial charge in [-0.15, -0.1) is 0 Å². The van der Waals surface area contributed by atoms with Gasteiger partial charge in [-0.25, -0.2) is 0 Å². The number of amides is 1. The zero-order valence-corrected chi connectivity index (χ0v) is 11.1. The summed E-state index contributed by atoms with van der Waals surface area (Å²) in [6, 6.07) is 9.84. The number of benzene rings is 1. The Labute approximate surface area is 117 Å². The topological polar surface area (TPSA) is 55.4 Å². The van der Waals surface area contributed by atoms with Crippen molar-refractivity contribution in [2.45, 2.75) is 25.5 Å². The lowest BCUT2D eigenvalue weighted by Gasteiger charge is -2.23. The fourth-order valence-electron chi connectivity index (χ4n) is 4.27. The van der Waals surface area contributed by atoms with Crippen molar-refractivity contribution in [1.82, 2.24) is 5.32 Å². The van der Waals surface area contributed by atoms with Gasteiger partial charge in [-0.1, -0.05) is 30.3 Å². The van der Waals surface area contributed by atoms with E-state index in [1.807, 2.05) is 30.3 Å². The molecule has 4 nitrogen and oxygen atoms in total. The molecule has 1 amide bonds. The molecule has 0 spiro atoms. The SMILES string of the molecule is O=C(NCc1ccccc1)[C@@H]1[C@@H]2C[C@@H]3[C@H]1C(=O)O[C@@H]3C2. The van der Waals surface area contributed by atoms with Crippen molar-refractivity contribution in [3.05, 3.63) is 35.9 Å². The first-order valence-corrected chi connectivity index (χ1v) is 7.26. The predicted octanol–water partition coefficient (Wildman–Crippen LogP) is 1.50. The summed E-state index contributed by atoms with van der Waals surface area (Å²) < 4.78 is 5.36. The van der Waals surface area contributed by atoms with E-state index >= 15 is 0 Å². The number of esters is 1. The summed E-state index contributed by atoms with van der Waals surface area (Å²) in [6.45, 7) is 0.527. The molecule has 1 aliphatic heterocycles. The lowest BCUT2D eigenvalue weighted by Crippen LogP contribution is -2.39. The van der Waals surface area contributed by atoms with Gasteiger partial charge in [-0.05, 0) is 24.3 Å². The Balaban J connectivity index is 1.46. The third kappa shape index (κ3) is 1.67. The van der Waals surface area contributed by atoms with Gasteiger partial charge in [-0.3, -0.25) is 9.59 Å². The van der Waals surface area contributed by atoms with Crippen molar-refractivity contribution < 1.29 is 14.3 Å². The van der Waals surface area contributed by atoms with Crippen LogP contribution in [0.3, 0.4) is 0 Å². The minimum Gasteiger partial charge on any atom is -0.462 e. The molecule has 1 aromatic carbocycles. The Hall–Kier alpha value is -1.84. The number of carbonyl (C=O) groups is 2. The number of hydrogen-bond acceptors (Lipinski definition) is 3. The lowest BCUT2D eigenvalue weighted by atomic mass is 9.79. The van der Waals surface area contributed by atoms with Crippen LogP contribution in [0.15, 0.2) is 30.3 Å². The normalized spacial score (nSPS) is 37.0. The van der Waals surface area contributed by atoms with Crippen LogP contribution in [-0.2, 0) is 20.9 Å². The van der Waals surface area contributed by atoms with Gasteiger partial charge in [0.1, 0.15) is 6.10 Å². The van der Waals surface area contributed by atoms with Crippen LogP contribution in [0.2, 0.25) is 0 Å². The Kier molecular flexibility index (Phi) is 2.59. The van der Waals surface area contributed by atoms with E-state index in [9.17, 15) is 9.59 Å². The molecule has 1 N–H and O–H groups in total. The van der Waals surface area contributed by atoms with Crippen LogP contribution in [0.1, 0.15) is 18.4 Å². The van der Waals surface area contributed by atoms with Crippen LogP contribution in [0, 0.1) is 23.7 Å². The molecule has 2 saturated carbocycles. The number of hydrogen-bond donors (Lipinski definition) is 1. The van der Waals surface area contributed by atoms with Crippen LogP contribution in [0.4, 0.5) is 0 Å². The van der Waals surface area contributed by atoms with Gasteiger partial charge < -0.3 is 10.1 Å². The Morgan fingerprint density at radius 3 is 2.85 bits per heavy atom. The van der Waals surface area contributed by atoms with Crippen LogP contribution >= 0.6 is 0 Å². The molecular weight excluding hydrogens is 254 g/mol. The van der Waals surface area contributed by atoms with Gasteiger partial charge in [-0.2, -0.15) is 0 Å². The molecule has 1 saturated heterocycles. The fourth-order valence-corrected chi connectivity index (χ4v) is 4.27. The molecule has 20 heavy (non-hydrogen) atoms. The maximum Gasteiger partial charge on any atom is 0.310 e. The molecule has 4 heteroatoms. The summed E-state index contributed by atoms with van der Waals surface area (Å²) in [4.78, 5) is 24.3. The first-order valence-electron chi connectivity index (χ1n) is 7.26. The number of carbonyl (C=O) groups excluding carboxylic acids is 2. The van der Waals surface area contributed by atoms with E-state index in [4.69, 9.17) is 4.74 Å². The zero-order valence-electron chi connectivity index (χ0n) is 11.1. The van der Waals surface area contributed by atoms with Gasteiger partial charge in [0.25, 0.3) is 0 Å². The van der Waals surface area contributed by atoms with Gasteiger partial charge in [0.15, 0.2) is 0 Å². The Bertz CT molecular complexity index is 554. The Morgan fingerprint density at radius 2 is 2.05 bits per heavy atom. The summed E-state index contributed by atoms with van der Waals surface area (Å²) in [5, 5.41) is 2.98. The average Bonchev–Trinajstić information content (AvgIpc) is 3.07. The lowest BCUT2D eigenvalue weighted by molar-refractivity contribution is -0.146. The Morgan fingerprint density at radius 1 is 1.25 bits per heavy atom. The third-order valence-corrected chi connectivity index (χ3v) is 5.10. The number of rotatable bonds is 3. The van der Waals surface area contributed by atoms with Gasteiger partial charge >= 0.3 is 5.97 Å². The van der Waals surface area contributed by atoms with Gasteiger partial charge in [0, 0.05) is 12.5 Å². The smallest absolute Gasteiger partial charge is 0.310 e. The van der Waals surface area contributed by atoms with Crippen LogP contribution < -0.4 is 5.32 Å². The van der Waals surface area contributed by atoms with E-state index in [0.29, 0.717) is 18.4 Å². The zero-order chi connectivity index (χ0) is 13.7. The molecule has 0 unspecified atom stereocenters. The highest BCUT2D eigenvalue weighted by molar-refractivity contribution is 5.88. The van der Waals surface area contributed by atoms with Crippen molar-refractivity contribution in [3.8, 4) is 0 Å². The van der Waals surface area contributed by atoms with E-state index in [1.54, 1.807) is 0 Å². The van der Waals surface area contributed by atoms with Crippen LogP contribution in [-0.4, -0.2) is 18.0 Å². The van der Waals surface area contributed by atoms with Crippen molar-refractivity contribution in [1.29, 1.82) is 0 Å². The molecule has 3 aliphatic rings. The van der Waals surface area contributed by atoms with E-state index in [1.165, 1.54) is 0 Å². The molecule has 104 valence electrons. The summed E-state index contributed by atoms with van der Waals surface area (Å²) >= 11 is 0. The summed E-state index contributed by atoms with van der Waals surface area (Å²) in [5.74, 6) is 0.130. The minimum absolute atomic E-state index is 0.0173. The minimum atomic E-state index is -0.186. The largest absolute Gasteiger partial charge is 0.462 e. The first-order chi connectivity index (χ1) is 9.74. The molecule has 4 rings (SSSR count). The second-order valence-electron chi connectivity index (χ2n) is 6.13. The standard InChI is InChI=1S/C16H17NO3/c18-15(17-8-9-4-2-1-3-5-9)13-10-6-11-12(7-10)20-16(19)14(11)13/h1-5,10-14H,6-8H2,(H,17,18)/t10-,11+,12-,13-,14-/m1/s1. The van der Waals surface area contributed by atoms with E-state index < -0.39 is 0 Å². The van der Waals surface area contributed by atoms with Gasteiger partial charge in [0.05, 0.1) is 11.8 Å². The van der Waals surface area contributed by atoms with E-state index in [2.05, 4.69) is 5.32 Å². The van der Waals surface area contributed by atoms with Crippen molar-refractivity contribution >= 4 is 11.9 Å². The second-order valence-corrected chi connectivity index (χ2v) is 6.13. The maximum absolute atomic E-state index is 12.4. The molecule has 5 atom stereocenters. The molecule has 1 heterocycles. The second kappa shape index (κ2) is 4.33. The highest BCUT2D eigenvalue weighted by Gasteiger charge is 2.63. The quantitative estimate of drug-likeness (QED) is 0.848. The summed E-state index contributed by atoms with van der Waals surface area (Å²) in [5.41, 5.74) is 1.08. The van der Waals surface area contributed by atoms with Crippen molar-refractivity contribution in [2.24, 2.45) is 23.7 Å². The molecule has 1 aromatic rings. The van der Waals surface area contributed by atoms with E-state index in [0.717, 1.165) is 18.4 Å². The fraction of sp³-hybridized carbons (Fsp3) is 0.500. The van der Waals surface area contributed by atoms with Crippen LogP contribution in [0.5, 0.6) is 0 Å². The predicted molar refractivity (Wildman–Crippen MR) is 71.4 cm³/mol. The number of ether oxygens (including phenoxy) is 1. The van der Waals surface area contributed by atoms with Crippen LogP contribution in [0.25, 0.3) is 0 Å². The summed E-state index contributed by atoms with van der Waals surface area (Å²) in [7, 11) is 0. The van der Waals surface area contributed by atoms with Crippen molar-refractivity contribution in [2.75, 3.05) is 0 Å². The first kappa shape index (κ1) is 11.9. The summed E-state index contributed by atoms with van der Waals surface area (Å²) in [6.07, 6.45) is 1.94. The highest BCUT2D eigenvalue weighted by Crippen LogP contribution is 2.57. The molecule has 0 radical (unpaired) electrons. The third-order valence-electron chi connectivity index (χ3n) is 5.10. The number of nitrogens with one attached hydrogen (secondary N) is 1. The maximum atomic E-state index is 12.4. The average molecular weight is 271 g/mol. The highest BCUT2D eigenvalue weighted by atomic mass is 16.6. The molecule has 2 bridgehead atoms. The number of fused-ring (bicyclic) bond motifs is 1. The molecule has 3 fully saturated rings. The molecule has 2 aliphatic carbocycles. The molecular formula is C16H17NO3. The van der Waals surface area contributed by atoms with E-state index in [-0.39, 0.29) is 29.8 Å². The van der Waals surface area contributed by atoms with Crippen molar-refractivity contribution in [3.63, 3.8) is 0 Å².